The summed E-state index contributed by atoms with van der Waals surface area (Å²) >= 11 is 0. The van der Waals surface area contributed by atoms with Crippen molar-refractivity contribution >= 4 is 5.97 Å². The van der Waals surface area contributed by atoms with Crippen LogP contribution in [-0.2, 0) is 14.4 Å². The predicted octanol–water partition coefficient (Wildman–Crippen LogP) is -0.454. The van der Waals surface area contributed by atoms with Crippen LogP contribution in [0.3, 0.4) is 0 Å². The lowest BCUT2D eigenvalue weighted by Gasteiger charge is -2.13. The highest BCUT2D eigenvalue weighted by Gasteiger charge is 2.46. The number of carbonyl (C=O) groups excluding carboxylic acids is 1. The molecule has 5 heteroatoms. The first-order valence-electron chi connectivity index (χ1n) is 3.48. The summed E-state index contributed by atoms with van der Waals surface area (Å²) in [7, 11) is 2.93. The molecule has 5 nitrogen and oxygen atoms in total. The van der Waals surface area contributed by atoms with Crippen molar-refractivity contribution in [3.63, 3.8) is 0 Å². The van der Waals surface area contributed by atoms with Crippen molar-refractivity contribution < 1.29 is 14.4 Å². The maximum atomic E-state index is 11.2. The number of hydrogen-bond acceptors (Lipinski definition) is 5. The van der Waals surface area contributed by atoms with Crippen molar-refractivity contribution in [2.24, 2.45) is 5.41 Å². The summed E-state index contributed by atoms with van der Waals surface area (Å²) in [5.74, 6) is -0.533. The fourth-order valence-corrected chi connectivity index (χ4v) is 1.12. The molecule has 0 bridgehead atoms. The Morgan fingerprint density at radius 1 is 1.83 bits per heavy atom. The molecule has 1 aliphatic heterocycles. The molecule has 1 saturated heterocycles. The van der Waals surface area contributed by atoms with Crippen LogP contribution in [-0.4, -0.2) is 38.3 Å². The minimum Gasteiger partial charge on any atom is -0.468 e. The normalized spacial score (nSPS) is 29.8. The molecule has 12 heavy (non-hydrogen) atoms. The quantitative estimate of drug-likeness (QED) is 0.498. The number of hydroxylamine groups is 2. The van der Waals surface area contributed by atoms with E-state index in [0.717, 1.165) is 0 Å². The summed E-state index contributed by atoms with van der Waals surface area (Å²) in [6, 6.07) is 1.92. The van der Waals surface area contributed by atoms with Gasteiger partial charge in [0.25, 0.3) is 0 Å². The van der Waals surface area contributed by atoms with Crippen LogP contribution in [0.2, 0.25) is 0 Å². The van der Waals surface area contributed by atoms with E-state index in [1.807, 2.05) is 6.07 Å². The molecule has 0 aromatic carbocycles. The zero-order chi connectivity index (χ0) is 9.19. The number of hydrogen-bond donors (Lipinski definition) is 0. The second-order valence-corrected chi connectivity index (χ2v) is 2.74. The lowest BCUT2D eigenvalue weighted by Crippen LogP contribution is -2.35. The minimum atomic E-state index is -1.14. The summed E-state index contributed by atoms with van der Waals surface area (Å²) in [5.41, 5.74) is -1.14. The van der Waals surface area contributed by atoms with Gasteiger partial charge in [-0.25, -0.2) is 0 Å². The summed E-state index contributed by atoms with van der Waals surface area (Å²) in [5, 5.41) is 10.2. The van der Waals surface area contributed by atoms with Gasteiger partial charge in [-0.15, -0.1) is 0 Å². The van der Waals surface area contributed by atoms with Gasteiger partial charge in [-0.3, -0.25) is 9.63 Å². The number of esters is 1. The van der Waals surface area contributed by atoms with Gasteiger partial charge in [-0.2, -0.15) is 10.3 Å². The van der Waals surface area contributed by atoms with Crippen LogP contribution >= 0.6 is 0 Å². The van der Waals surface area contributed by atoms with E-state index in [0.29, 0.717) is 0 Å². The molecule has 0 amide bonds. The second kappa shape index (κ2) is 3.09. The van der Waals surface area contributed by atoms with Gasteiger partial charge in [-0.05, 0) is 0 Å². The van der Waals surface area contributed by atoms with Gasteiger partial charge < -0.3 is 4.74 Å². The standard InChI is InChI=1S/C7H10N2O3/c1-9-4-7(3-8,5-12-9)6(10)11-2/h4-5H2,1-2H3. The molecule has 1 heterocycles. The zero-order valence-electron chi connectivity index (χ0n) is 7.03. The molecule has 0 saturated carbocycles. The van der Waals surface area contributed by atoms with Crippen molar-refractivity contribution in [3.8, 4) is 6.07 Å². The van der Waals surface area contributed by atoms with E-state index in [1.165, 1.54) is 12.2 Å². The molecule has 1 fully saturated rings. The Hall–Kier alpha value is -1.12. The van der Waals surface area contributed by atoms with E-state index in [4.69, 9.17) is 10.1 Å². The third kappa shape index (κ3) is 1.26. The van der Waals surface area contributed by atoms with E-state index in [9.17, 15) is 4.79 Å². The molecule has 0 N–H and O–H groups in total. The minimum absolute atomic E-state index is 0.0761. The maximum Gasteiger partial charge on any atom is 0.330 e. The molecule has 1 rings (SSSR count). The Kier molecular flexibility index (Phi) is 2.31. The highest BCUT2D eigenvalue weighted by atomic mass is 16.7. The average Bonchev–Trinajstić information content (AvgIpc) is 2.47. The summed E-state index contributed by atoms with van der Waals surface area (Å²) in [6.07, 6.45) is 0. The lowest BCUT2D eigenvalue weighted by atomic mass is 9.92. The molecule has 0 spiro atoms. The topological polar surface area (TPSA) is 62.6 Å². The van der Waals surface area contributed by atoms with Crippen molar-refractivity contribution in [1.82, 2.24) is 5.06 Å². The number of nitriles is 1. The molecule has 0 aromatic rings. The molecule has 1 aliphatic rings. The van der Waals surface area contributed by atoms with Crippen molar-refractivity contribution in [3.05, 3.63) is 0 Å². The van der Waals surface area contributed by atoms with Gasteiger partial charge in [0, 0.05) is 7.05 Å². The van der Waals surface area contributed by atoms with Gasteiger partial charge in [0.2, 0.25) is 0 Å². The van der Waals surface area contributed by atoms with Gasteiger partial charge in [-0.1, -0.05) is 0 Å². The molecular weight excluding hydrogens is 160 g/mol. The van der Waals surface area contributed by atoms with Crippen LogP contribution in [0.15, 0.2) is 0 Å². The van der Waals surface area contributed by atoms with Crippen LogP contribution in [0.1, 0.15) is 0 Å². The van der Waals surface area contributed by atoms with Gasteiger partial charge >= 0.3 is 5.97 Å². The average molecular weight is 170 g/mol. The third-order valence-electron chi connectivity index (χ3n) is 1.81. The van der Waals surface area contributed by atoms with Crippen LogP contribution < -0.4 is 0 Å². The molecule has 66 valence electrons. The number of ether oxygens (including phenoxy) is 1. The van der Waals surface area contributed by atoms with E-state index < -0.39 is 11.4 Å². The van der Waals surface area contributed by atoms with E-state index in [-0.39, 0.29) is 13.2 Å². The SMILES string of the molecule is COC(=O)C1(C#N)CON(C)C1. The fourth-order valence-electron chi connectivity index (χ4n) is 1.12. The molecule has 1 unspecified atom stereocenters. The Morgan fingerprint density at radius 2 is 2.50 bits per heavy atom. The largest absolute Gasteiger partial charge is 0.468 e. The van der Waals surface area contributed by atoms with Crippen molar-refractivity contribution in [1.29, 1.82) is 5.26 Å². The Morgan fingerprint density at radius 3 is 2.83 bits per heavy atom. The monoisotopic (exact) mass is 170 g/mol. The van der Waals surface area contributed by atoms with Gasteiger partial charge in [0.15, 0.2) is 5.41 Å². The molecule has 1 atom stereocenters. The Labute approximate surface area is 70.4 Å². The van der Waals surface area contributed by atoms with E-state index in [2.05, 4.69) is 4.74 Å². The highest BCUT2D eigenvalue weighted by Crippen LogP contribution is 2.26. The first-order valence-corrected chi connectivity index (χ1v) is 3.48. The summed E-state index contributed by atoms with van der Waals surface area (Å²) in [6.45, 7) is 0.336. The summed E-state index contributed by atoms with van der Waals surface area (Å²) in [4.78, 5) is 16.2. The first-order chi connectivity index (χ1) is 5.64. The van der Waals surface area contributed by atoms with Gasteiger partial charge in [0.05, 0.1) is 26.3 Å². The number of rotatable bonds is 1. The lowest BCUT2D eigenvalue weighted by molar-refractivity contribution is -0.148. The third-order valence-corrected chi connectivity index (χ3v) is 1.81. The Balaban J connectivity index is 2.79. The van der Waals surface area contributed by atoms with E-state index in [1.54, 1.807) is 7.05 Å². The smallest absolute Gasteiger partial charge is 0.330 e. The number of carbonyl (C=O) groups is 1. The van der Waals surface area contributed by atoms with Crippen LogP contribution in [0.5, 0.6) is 0 Å². The van der Waals surface area contributed by atoms with Crippen LogP contribution in [0.4, 0.5) is 0 Å². The van der Waals surface area contributed by atoms with Crippen molar-refractivity contribution in [2.75, 3.05) is 27.3 Å². The highest BCUT2D eigenvalue weighted by molar-refractivity contribution is 5.80. The van der Waals surface area contributed by atoms with Crippen molar-refractivity contribution in [2.45, 2.75) is 0 Å². The second-order valence-electron chi connectivity index (χ2n) is 2.74. The van der Waals surface area contributed by atoms with Crippen LogP contribution in [0, 0.1) is 16.7 Å². The van der Waals surface area contributed by atoms with Gasteiger partial charge in [0.1, 0.15) is 0 Å². The number of methoxy groups -OCH3 is 1. The molecule has 0 aliphatic carbocycles. The fraction of sp³-hybridized carbons (Fsp3) is 0.714. The molecule has 0 radical (unpaired) electrons. The maximum absolute atomic E-state index is 11.2. The summed E-state index contributed by atoms with van der Waals surface area (Å²) < 4.78 is 4.51. The van der Waals surface area contributed by atoms with E-state index >= 15 is 0 Å². The predicted molar refractivity (Wildman–Crippen MR) is 38.6 cm³/mol. The molecule has 0 aromatic heterocycles. The first kappa shape index (κ1) is 8.97. The number of nitrogens with zero attached hydrogens (tertiary/aromatic N) is 2. The van der Waals surface area contributed by atoms with Crippen LogP contribution in [0.25, 0.3) is 0 Å². The zero-order valence-corrected chi connectivity index (χ0v) is 7.03. The Bertz CT molecular complexity index is 235. The molecular formula is C7H10N2O3.